The molecule has 0 radical (unpaired) electrons. The maximum atomic E-state index is 5.49. The zero-order valence-electron chi connectivity index (χ0n) is 15.3. The van der Waals surface area contributed by atoms with E-state index in [2.05, 4.69) is 38.2 Å². The summed E-state index contributed by atoms with van der Waals surface area (Å²) in [4.78, 5) is 0. The molecule has 0 amide bonds. The molecule has 0 saturated heterocycles. The van der Waals surface area contributed by atoms with Crippen molar-refractivity contribution in [2.75, 3.05) is 13.2 Å². The van der Waals surface area contributed by atoms with Crippen LogP contribution in [-0.2, 0) is 4.74 Å². The second-order valence-corrected chi connectivity index (χ2v) is 6.20. The predicted molar refractivity (Wildman–Crippen MR) is 100 cm³/mol. The van der Waals surface area contributed by atoms with E-state index in [-0.39, 0.29) is 0 Å². The molecule has 0 atom stereocenters. The number of ether oxygens (including phenoxy) is 1. The van der Waals surface area contributed by atoms with E-state index in [4.69, 9.17) is 4.74 Å². The van der Waals surface area contributed by atoms with Crippen molar-refractivity contribution in [3.63, 3.8) is 0 Å². The first kappa shape index (κ1) is 21.4. The van der Waals surface area contributed by atoms with E-state index in [1.54, 1.807) is 0 Å². The van der Waals surface area contributed by atoms with Crippen molar-refractivity contribution in [2.24, 2.45) is 0 Å². The van der Waals surface area contributed by atoms with Gasteiger partial charge in [-0.1, -0.05) is 76.7 Å². The summed E-state index contributed by atoms with van der Waals surface area (Å²) in [7, 11) is 0. The Hall–Kier alpha value is -0.560. The van der Waals surface area contributed by atoms with Crippen LogP contribution in [0.4, 0.5) is 0 Å². The average molecular weight is 309 g/mol. The Bertz CT molecular complexity index is 242. The van der Waals surface area contributed by atoms with E-state index in [9.17, 15) is 0 Å². The third kappa shape index (κ3) is 19.4. The number of hydrogen-bond acceptors (Lipinski definition) is 1. The van der Waals surface area contributed by atoms with Crippen molar-refractivity contribution >= 4 is 0 Å². The Morgan fingerprint density at radius 3 is 1.77 bits per heavy atom. The van der Waals surface area contributed by atoms with Gasteiger partial charge in [0.25, 0.3) is 0 Å². The number of unbranched alkanes of at least 4 members (excludes halogenated alkanes) is 9. The second kappa shape index (κ2) is 20.4. The quantitative estimate of drug-likeness (QED) is 0.203. The molecule has 1 nitrogen and oxygen atoms in total. The van der Waals surface area contributed by atoms with Crippen LogP contribution in [0.3, 0.4) is 0 Å². The second-order valence-electron chi connectivity index (χ2n) is 6.20. The molecule has 0 bridgehead atoms. The lowest BCUT2D eigenvalue weighted by Gasteiger charge is -2.02. The SMILES string of the molecule is CCCCC/C=C\C/C=C\CCCCCCCCOCCC. The molecule has 0 unspecified atom stereocenters. The Kier molecular flexibility index (Phi) is 19.9. The summed E-state index contributed by atoms with van der Waals surface area (Å²) in [5.41, 5.74) is 0. The fourth-order valence-corrected chi connectivity index (χ4v) is 2.44. The van der Waals surface area contributed by atoms with Crippen LogP contribution in [0.25, 0.3) is 0 Å². The molecule has 0 aromatic heterocycles. The van der Waals surface area contributed by atoms with Gasteiger partial charge in [-0.05, 0) is 44.9 Å². The molecule has 0 rings (SSSR count). The van der Waals surface area contributed by atoms with E-state index in [1.807, 2.05) is 0 Å². The van der Waals surface area contributed by atoms with Gasteiger partial charge < -0.3 is 4.74 Å². The maximum absolute atomic E-state index is 5.49. The Morgan fingerprint density at radius 1 is 0.545 bits per heavy atom. The van der Waals surface area contributed by atoms with Gasteiger partial charge in [-0.2, -0.15) is 0 Å². The molecule has 0 aliphatic heterocycles. The van der Waals surface area contributed by atoms with Crippen molar-refractivity contribution in [1.29, 1.82) is 0 Å². The summed E-state index contributed by atoms with van der Waals surface area (Å²) in [6, 6.07) is 0. The highest BCUT2D eigenvalue weighted by molar-refractivity contribution is 4.92. The minimum Gasteiger partial charge on any atom is -0.381 e. The molecular weight excluding hydrogens is 268 g/mol. The van der Waals surface area contributed by atoms with Crippen LogP contribution in [0.2, 0.25) is 0 Å². The molecule has 130 valence electrons. The first-order valence-corrected chi connectivity index (χ1v) is 9.79. The van der Waals surface area contributed by atoms with Gasteiger partial charge in [0.05, 0.1) is 0 Å². The van der Waals surface area contributed by atoms with E-state index in [0.29, 0.717) is 0 Å². The first-order valence-electron chi connectivity index (χ1n) is 9.79. The van der Waals surface area contributed by atoms with Gasteiger partial charge in [-0.3, -0.25) is 0 Å². The van der Waals surface area contributed by atoms with E-state index < -0.39 is 0 Å². The fraction of sp³-hybridized carbons (Fsp3) is 0.810. The van der Waals surface area contributed by atoms with Crippen molar-refractivity contribution < 1.29 is 4.74 Å². The van der Waals surface area contributed by atoms with Crippen LogP contribution in [0.5, 0.6) is 0 Å². The Balaban J connectivity index is 3.11. The van der Waals surface area contributed by atoms with Crippen molar-refractivity contribution in [1.82, 2.24) is 0 Å². The lowest BCUT2D eigenvalue weighted by molar-refractivity contribution is 0.130. The molecule has 0 spiro atoms. The van der Waals surface area contributed by atoms with Crippen molar-refractivity contribution in [2.45, 2.75) is 97.3 Å². The van der Waals surface area contributed by atoms with Gasteiger partial charge in [0, 0.05) is 13.2 Å². The van der Waals surface area contributed by atoms with Gasteiger partial charge in [-0.25, -0.2) is 0 Å². The Labute approximate surface area is 140 Å². The number of rotatable bonds is 17. The summed E-state index contributed by atoms with van der Waals surface area (Å²) in [5.74, 6) is 0. The normalized spacial score (nSPS) is 11.9. The monoisotopic (exact) mass is 308 g/mol. The molecule has 0 aliphatic carbocycles. The third-order valence-corrected chi connectivity index (χ3v) is 3.84. The van der Waals surface area contributed by atoms with Crippen LogP contribution >= 0.6 is 0 Å². The molecule has 0 fully saturated rings. The lowest BCUT2D eigenvalue weighted by atomic mass is 10.1. The van der Waals surface area contributed by atoms with Crippen LogP contribution in [0, 0.1) is 0 Å². The molecular formula is C21H40O. The van der Waals surface area contributed by atoms with Crippen LogP contribution in [0.1, 0.15) is 97.3 Å². The van der Waals surface area contributed by atoms with Gasteiger partial charge in [0.1, 0.15) is 0 Å². The molecule has 0 aromatic carbocycles. The minimum absolute atomic E-state index is 0.931. The van der Waals surface area contributed by atoms with Crippen molar-refractivity contribution in [3.8, 4) is 0 Å². The standard InChI is InChI=1S/C21H40O/c1-3-5-6-7-8-9-10-11-12-13-14-15-16-17-18-19-21-22-20-4-2/h8-9,11-12H,3-7,10,13-21H2,1-2H3/b9-8-,12-11-. The highest BCUT2D eigenvalue weighted by Crippen LogP contribution is 2.08. The molecule has 0 N–H and O–H groups in total. The fourth-order valence-electron chi connectivity index (χ4n) is 2.44. The smallest absolute Gasteiger partial charge is 0.0466 e. The number of allylic oxidation sites excluding steroid dienone is 4. The van der Waals surface area contributed by atoms with E-state index >= 15 is 0 Å². The molecule has 0 saturated carbocycles. The van der Waals surface area contributed by atoms with Gasteiger partial charge in [-0.15, -0.1) is 0 Å². The lowest BCUT2D eigenvalue weighted by Crippen LogP contribution is -1.95. The van der Waals surface area contributed by atoms with Crippen LogP contribution < -0.4 is 0 Å². The summed E-state index contributed by atoms with van der Waals surface area (Å²) in [6.45, 7) is 6.32. The highest BCUT2D eigenvalue weighted by Gasteiger charge is 1.91. The zero-order chi connectivity index (χ0) is 16.1. The van der Waals surface area contributed by atoms with E-state index in [1.165, 1.54) is 70.6 Å². The summed E-state index contributed by atoms with van der Waals surface area (Å²) in [5, 5.41) is 0. The van der Waals surface area contributed by atoms with E-state index in [0.717, 1.165) is 26.1 Å². The highest BCUT2D eigenvalue weighted by atomic mass is 16.5. The molecule has 22 heavy (non-hydrogen) atoms. The van der Waals surface area contributed by atoms with Gasteiger partial charge in [0.2, 0.25) is 0 Å². The maximum Gasteiger partial charge on any atom is 0.0466 e. The zero-order valence-corrected chi connectivity index (χ0v) is 15.3. The molecule has 0 heterocycles. The number of hydrogen-bond donors (Lipinski definition) is 0. The van der Waals surface area contributed by atoms with Gasteiger partial charge >= 0.3 is 0 Å². The predicted octanol–water partition coefficient (Wildman–Crippen LogP) is 7.23. The van der Waals surface area contributed by atoms with Crippen molar-refractivity contribution in [3.05, 3.63) is 24.3 Å². The topological polar surface area (TPSA) is 9.23 Å². The Morgan fingerprint density at radius 2 is 1.14 bits per heavy atom. The summed E-state index contributed by atoms with van der Waals surface area (Å²) >= 11 is 0. The van der Waals surface area contributed by atoms with Crippen LogP contribution in [-0.4, -0.2) is 13.2 Å². The molecule has 1 heteroatoms. The molecule has 0 aromatic rings. The summed E-state index contributed by atoms with van der Waals surface area (Å²) in [6.07, 6.45) is 26.2. The largest absolute Gasteiger partial charge is 0.381 e. The minimum atomic E-state index is 0.931. The summed E-state index contributed by atoms with van der Waals surface area (Å²) < 4.78 is 5.49. The van der Waals surface area contributed by atoms with Crippen LogP contribution in [0.15, 0.2) is 24.3 Å². The molecule has 0 aliphatic rings. The first-order chi connectivity index (χ1) is 10.9. The third-order valence-electron chi connectivity index (χ3n) is 3.84. The van der Waals surface area contributed by atoms with Gasteiger partial charge in [0.15, 0.2) is 0 Å². The average Bonchev–Trinajstić information content (AvgIpc) is 2.54.